The first-order chi connectivity index (χ1) is 8.66. The Hall–Kier alpha value is -1.35. The van der Waals surface area contributed by atoms with Crippen LogP contribution in [-0.2, 0) is 4.79 Å². The number of amides is 1. The summed E-state index contributed by atoms with van der Waals surface area (Å²) < 4.78 is 0. The fourth-order valence-corrected chi connectivity index (χ4v) is 2.17. The molecule has 1 saturated carbocycles. The average molecular weight is 246 g/mol. The lowest BCUT2D eigenvalue weighted by Gasteiger charge is -2.11. The van der Waals surface area contributed by atoms with Crippen LogP contribution in [0.3, 0.4) is 0 Å². The van der Waals surface area contributed by atoms with Crippen molar-refractivity contribution in [3.63, 3.8) is 0 Å². The molecule has 98 valence electrons. The van der Waals surface area contributed by atoms with Gasteiger partial charge in [-0.05, 0) is 30.2 Å². The molecule has 3 N–H and O–H groups in total. The smallest absolute Gasteiger partial charge is 0.220 e. The van der Waals surface area contributed by atoms with Gasteiger partial charge in [0.1, 0.15) is 0 Å². The van der Waals surface area contributed by atoms with Crippen molar-refractivity contribution in [1.82, 2.24) is 5.32 Å². The van der Waals surface area contributed by atoms with E-state index in [1.165, 1.54) is 6.42 Å². The zero-order valence-corrected chi connectivity index (χ0v) is 10.9. The number of benzene rings is 1. The van der Waals surface area contributed by atoms with Gasteiger partial charge < -0.3 is 11.1 Å². The van der Waals surface area contributed by atoms with Gasteiger partial charge in [-0.1, -0.05) is 37.3 Å². The predicted molar refractivity (Wildman–Crippen MR) is 72.9 cm³/mol. The Kier molecular flexibility index (Phi) is 4.37. The molecule has 1 aromatic rings. The van der Waals surface area contributed by atoms with Crippen LogP contribution >= 0.6 is 0 Å². The maximum absolute atomic E-state index is 11.7. The van der Waals surface area contributed by atoms with Crippen molar-refractivity contribution in [2.45, 2.75) is 32.2 Å². The van der Waals surface area contributed by atoms with Crippen LogP contribution in [0.25, 0.3) is 0 Å². The van der Waals surface area contributed by atoms with E-state index < -0.39 is 0 Å². The Morgan fingerprint density at radius 2 is 2.11 bits per heavy atom. The third kappa shape index (κ3) is 3.84. The molecule has 1 amide bonds. The van der Waals surface area contributed by atoms with E-state index in [2.05, 4.69) is 12.2 Å². The molecule has 0 spiro atoms. The number of nitrogens with two attached hydrogens (primary N) is 1. The second-order valence-electron chi connectivity index (χ2n) is 5.33. The highest BCUT2D eigenvalue weighted by molar-refractivity contribution is 5.75. The summed E-state index contributed by atoms with van der Waals surface area (Å²) in [7, 11) is 0. The Labute approximate surface area is 109 Å². The molecule has 1 aromatic carbocycles. The van der Waals surface area contributed by atoms with Crippen LogP contribution in [0.15, 0.2) is 30.3 Å². The molecule has 0 heterocycles. The summed E-state index contributed by atoms with van der Waals surface area (Å²) in [4.78, 5) is 11.7. The number of hydrogen-bond donors (Lipinski definition) is 2. The number of rotatable bonds is 6. The lowest BCUT2D eigenvalue weighted by atomic mass is 10.0. The molecular weight excluding hydrogens is 224 g/mol. The number of hydrogen-bond acceptors (Lipinski definition) is 2. The molecule has 0 radical (unpaired) electrons. The molecule has 1 aliphatic rings. The Morgan fingerprint density at radius 3 is 2.72 bits per heavy atom. The van der Waals surface area contributed by atoms with Crippen LogP contribution < -0.4 is 11.1 Å². The van der Waals surface area contributed by atoms with Gasteiger partial charge in [0.2, 0.25) is 5.91 Å². The molecule has 3 unspecified atom stereocenters. The van der Waals surface area contributed by atoms with Crippen LogP contribution in [0.2, 0.25) is 0 Å². The van der Waals surface area contributed by atoms with E-state index in [0.29, 0.717) is 18.8 Å². The van der Waals surface area contributed by atoms with Gasteiger partial charge in [-0.2, -0.15) is 0 Å². The summed E-state index contributed by atoms with van der Waals surface area (Å²) in [6.45, 7) is 3.06. The summed E-state index contributed by atoms with van der Waals surface area (Å²) >= 11 is 0. The molecule has 0 saturated heterocycles. The normalized spacial score (nSPS) is 23.4. The highest BCUT2D eigenvalue weighted by atomic mass is 16.1. The van der Waals surface area contributed by atoms with E-state index in [1.807, 2.05) is 30.3 Å². The monoisotopic (exact) mass is 246 g/mol. The fraction of sp³-hybridized carbons (Fsp3) is 0.533. The molecule has 18 heavy (non-hydrogen) atoms. The van der Waals surface area contributed by atoms with Crippen molar-refractivity contribution in [3.05, 3.63) is 35.9 Å². The minimum atomic E-state index is -0.0446. The van der Waals surface area contributed by atoms with E-state index in [0.717, 1.165) is 18.0 Å². The van der Waals surface area contributed by atoms with E-state index >= 15 is 0 Å². The quantitative estimate of drug-likeness (QED) is 0.808. The molecule has 1 fully saturated rings. The molecule has 1 aliphatic carbocycles. The number of carbonyl (C=O) groups excluding carboxylic acids is 1. The van der Waals surface area contributed by atoms with Crippen LogP contribution in [-0.4, -0.2) is 12.5 Å². The van der Waals surface area contributed by atoms with Gasteiger partial charge in [-0.15, -0.1) is 0 Å². The van der Waals surface area contributed by atoms with E-state index in [9.17, 15) is 4.79 Å². The number of nitrogens with one attached hydrogen (secondary N) is 1. The van der Waals surface area contributed by atoms with Crippen molar-refractivity contribution in [1.29, 1.82) is 0 Å². The Morgan fingerprint density at radius 1 is 1.44 bits per heavy atom. The van der Waals surface area contributed by atoms with Gasteiger partial charge >= 0.3 is 0 Å². The molecule has 0 aliphatic heterocycles. The SMILES string of the molecule is CC1CC1CNC(=O)CCC(N)c1ccccc1. The van der Waals surface area contributed by atoms with Crippen molar-refractivity contribution in [2.75, 3.05) is 6.54 Å². The molecule has 3 heteroatoms. The van der Waals surface area contributed by atoms with Gasteiger partial charge in [-0.3, -0.25) is 4.79 Å². The third-order valence-electron chi connectivity index (χ3n) is 3.75. The number of carbonyl (C=O) groups is 1. The summed E-state index contributed by atoms with van der Waals surface area (Å²) in [5.41, 5.74) is 7.15. The second-order valence-corrected chi connectivity index (χ2v) is 5.33. The molecule has 0 aromatic heterocycles. The van der Waals surface area contributed by atoms with Crippen LogP contribution in [0.1, 0.15) is 37.8 Å². The van der Waals surface area contributed by atoms with Gasteiger partial charge in [0.15, 0.2) is 0 Å². The van der Waals surface area contributed by atoms with Gasteiger partial charge in [0.05, 0.1) is 0 Å². The topological polar surface area (TPSA) is 55.1 Å². The Balaban J connectivity index is 1.66. The van der Waals surface area contributed by atoms with Gasteiger partial charge in [-0.25, -0.2) is 0 Å². The lowest BCUT2D eigenvalue weighted by Crippen LogP contribution is -2.26. The first-order valence-corrected chi connectivity index (χ1v) is 6.74. The largest absolute Gasteiger partial charge is 0.356 e. The minimum Gasteiger partial charge on any atom is -0.356 e. The summed E-state index contributed by atoms with van der Waals surface area (Å²) in [5, 5.41) is 2.99. The van der Waals surface area contributed by atoms with Crippen LogP contribution in [0.5, 0.6) is 0 Å². The van der Waals surface area contributed by atoms with E-state index in [4.69, 9.17) is 5.73 Å². The van der Waals surface area contributed by atoms with Gasteiger partial charge in [0.25, 0.3) is 0 Å². The highest BCUT2D eigenvalue weighted by Gasteiger charge is 2.32. The standard InChI is InChI=1S/C15H22N2O/c1-11-9-13(11)10-17-15(18)8-7-14(16)12-5-3-2-4-6-12/h2-6,11,13-14H,7-10,16H2,1H3,(H,17,18). The average Bonchev–Trinajstić information content (AvgIpc) is 3.10. The molecular formula is C15H22N2O. The van der Waals surface area contributed by atoms with Crippen molar-refractivity contribution in [2.24, 2.45) is 17.6 Å². The highest BCUT2D eigenvalue weighted by Crippen LogP contribution is 2.36. The molecule has 3 atom stereocenters. The van der Waals surface area contributed by atoms with E-state index in [-0.39, 0.29) is 11.9 Å². The van der Waals surface area contributed by atoms with Crippen LogP contribution in [0.4, 0.5) is 0 Å². The fourth-order valence-electron chi connectivity index (χ4n) is 2.17. The summed E-state index contributed by atoms with van der Waals surface area (Å²) in [6, 6.07) is 9.90. The maximum Gasteiger partial charge on any atom is 0.220 e. The van der Waals surface area contributed by atoms with Gasteiger partial charge in [0, 0.05) is 19.0 Å². The van der Waals surface area contributed by atoms with Crippen molar-refractivity contribution < 1.29 is 4.79 Å². The molecule has 2 rings (SSSR count). The first-order valence-electron chi connectivity index (χ1n) is 6.74. The molecule has 0 bridgehead atoms. The molecule has 3 nitrogen and oxygen atoms in total. The Bertz CT molecular complexity index is 391. The minimum absolute atomic E-state index is 0.0446. The van der Waals surface area contributed by atoms with Crippen molar-refractivity contribution >= 4 is 5.91 Å². The summed E-state index contributed by atoms with van der Waals surface area (Å²) in [6.07, 6.45) is 2.47. The van der Waals surface area contributed by atoms with Crippen LogP contribution in [0, 0.1) is 11.8 Å². The zero-order chi connectivity index (χ0) is 13.0. The third-order valence-corrected chi connectivity index (χ3v) is 3.75. The lowest BCUT2D eigenvalue weighted by molar-refractivity contribution is -0.121. The predicted octanol–water partition coefficient (Wildman–Crippen LogP) is 2.24. The van der Waals surface area contributed by atoms with E-state index in [1.54, 1.807) is 0 Å². The first kappa shape index (κ1) is 13.1. The van der Waals surface area contributed by atoms with Crippen molar-refractivity contribution in [3.8, 4) is 0 Å². The zero-order valence-electron chi connectivity index (χ0n) is 10.9. The second kappa shape index (κ2) is 6.01. The summed E-state index contributed by atoms with van der Waals surface area (Å²) in [5.74, 6) is 1.62. The maximum atomic E-state index is 11.7.